The minimum absolute atomic E-state index is 0.306. The van der Waals surface area contributed by atoms with Gasteiger partial charge >= 0.3 is 5.97 Å². The molecule has 0 saturated carbocycles. The first-order valence-electron chi connectivity index (χ1n) is 10.4. The molecule has 0 atom stereocenters. The van der Waals surface area contributed by atoms with Crippen LogP contribution in [0, 0.1) is 6.92 Å². The van der Waals surface area contributed by atoms with E-state index in [4.69, 9.17) is 9.72 Å². The molecular formula is C25H23N3O2. The van der Waals surface area contributed by atoms with Crippen molar-refractivity contribution < 1.29 is 9.53 Å². The lowest BCUT2D eigenvalue weighted by Crippen LogP contribution is -2.30. The Morgan fingerprint density at radius 3 is 2.60 bits per heavy atom. The number of carbonyl (C=O) groups excluding carboxylic acids is 1. The molecule has 5 rings (SSSR count). The van der Waals surface area contributed by atoms with E-state index in [2.05, 4.69) is 41.1 Å². The van der Waals surface area contributed by atoms with Crippen LogP contribution < -0.4 is 4.90 Å². The number of esters is 1. The highest BCUT2D eigenvalue weighted by atomic mass is 16.6. The molecular weight excluding hydrogens is 374 g/mol. The fraction of sp³-hybridized carbons (Fsp3) is 0.240. The zero-order valence-corrected chi connectivity index (χ0v) is 17.0. The van der Waals surface area contributed by atoms with Crippen molar-refractivity contribution in [1.29, 1.82) is 0 Å². The highest BCUT2D eigenvalue weighted by Gasteiger charge is 2.25. The van der Waals surface area contributed by atoms with Crippen molar-refractivity contribution in [3.63, 3.8) is 0 Å². The van der Waals surface area contributed by atoms with Gasteiger partial charge in [-0.3, -0.25) is 0 Å². The van der Waals surface area contributed by atoms with Gasteiger partial charge in [0.25, 0.3) is 0 Å². The lowest BCUT2D eigenvalue weighted by molar-refractivity contribution is -0.129. The first kappa shape index (κ1) is 18.6. The van der Waals surface area contributed by atoms with Gasteiger partial charge in [0, 0.05) is 29.6 Å². The lowest BCUT2D eigenvalue weighted by atomic mass is 10.1. The normalized spacial score (nSPS) is 18.0. The van der Waals surface area contributed by atoms with Crippen LogP contribution in [0.25, 0.3) is 17.0 Å². The van der Waals surface area contributed by atoms with Crippen LogP contribution in [0.15, 0.2) is 65.3 Å². The Morgan fingerprint density at radius 2 is 1.80 bits per heavy atom. The van der Waals surface area contributed by atoms with Crippen LogP contribution in [-0.2, 0) is 9.53 Å². The minimum atomic E-state index is -0.428. The van der Waals surface area contributed by atoms with Crippen molar-refractivity contribution in [3.8, 4) is 0 Å². The molecule has 0 unspecified atom stereocenters. The zero-order chi connectivity index (χ0) is 20.5. The number of hydrogen-bond donors (Lipinski definition) is 0. The molecule has 2 aliphatic heterocycles. The maximum Gasteiger partial charge on any atom is 0.363 e. The van der Waals surface area contributed by atoms with Crippen LogP contribution in [0.3, 0.4) is 0 Å². The summed E-state index contributed by atoms with van der Waals surface area (Å²) in [5.41, 5.74) is 4.15. The van der Waals surface area contributed by atoms with Crippen LogP contribution in [0.2, 0.25) is 0 Å². The number of ether oxygens (including phenoxy) is 1. The summed E-state index contributed by atoms with van der Waals surface area (Å²) in [6.45, 7) is 4.03. The van der Waals surface area contributed by atoms with Crippen molar-refractivity contribution in [2.75, 3.05) is 18.0 Å². The van der Waals surface area contributed by atoms with Gasteiger partial charge in [-0.1, -0.05) is 30.3 Å². The molecule has 3 aromatic rings. The van der Waals surface area contributed by atoms with Gasteiger partial charge in [-0.25, -0.2) is 14.8 Å². The summed E-state index contributed by atoms with van der Waals surface area (Å²) in [6.07, 6.45) is 5.37. The summed E-state index contributed by atoms with van der Waals surface area (Å²) in [7, 11) is 0. The van der Waals surface area contributed by atoms with E-state index < -0.39 is 5.97 Å². The van der Waals surface area contributed by atoms with Crippen molar-refractivity contribution in [1.82, 2.24) is 4.98 Å². The Morgan fingerprint density at radius 1 is 1.00 bits per heavy atom. The fourth-order valence-electron chi connectivity index (χ4n) is 4.01. The number of fused-ring (bicyclic) bond motifs is 1. The van der Waals surface area contributed by atoms with Gasteiger partial charge < -0.3 is 9.64 Å². The molecule has 0 aliphatic carbocycles. The Kier molecular flexibility index (Phi) is 4.79. The van der Waals surface area contributed by atoms with Crippen LogP contribution in [0.5, 0.6) is 0 Å². The molecule has 1 saturated heterocycles. The van der Waals surface area contributed by atoms with Gasteiger partial charge in [0.05, 0.1) is 5.52 Å². The van der Waals surface area contributed by atoms with Crippen LogP contribution in [0.4, 0.5) is 5.82 Å². The monoisotopic (exact) mass is 397 g/mol. The highest BCUT2D eigenvalue weighted by molar-refractivity contribution is 6.13. The third-order valence-corrected chi connectivity index (χ3v) is 5.57. The molecule has 2 aliphatic rings. The number of benzene rings is 2. The molecule has 5 nitrogen and oxygen atoms in total. The van der Waals surface area contributed by atoms with E-state index in [0.717, 1.165) is 53.8 Å². The second-order valence-electron chi connectivity index (χ2n) is 7.85. The van der Waals surface area contributed by atoms with E-state index in [9.17, 15) is 4.79 Å². The Balaban J connectivity index is 1.61. The van der Waals surface area contributed by atoms with E-state index >= 15 is 0 Å². The predicted octanol–water partition coefficient (Wildman–Crippen LogP) is 4.88. The summed E-state index contributed by atoms with van der Waals surface area (Å²) in [5.74, 6) is 0.828. The second kappa shape index (κ2) is 7.75. The molecule has 0 radical (unpaired) electrons. The average Bonchev–Trinajstić information content (AvgIpc) is 3.15. The predicted molar refractivity (Wildman–Crippen MR) is 120 cm³/mol. The Bertz CT molecular complexity index is 1180. The van der Waals surface area contributed by atoms with Gasteiger partial charge in [-0.2, -0.15) is 0 Å². The number of carbonyl (C=O) groups is 1. The van der Waals surface area contributed by atoms with Crippen molar-refractivity contribution in [3.05, 3.63) is 77.0 Å². The SMILES string of the molecule is Cc1ccc2cc(C=C3N=C(c4ccccc4)OC3=O)c(N3CCCCC3)nc2c1. The second-order valence-corrected chi connectivity index (χ2v) is 7.85. The minimum Gasteiger partial charge on any atom is -0.402 e. The number of cyclic esters (lactones) is 1. The summed E-state index contributed by atoms with van der Waals surface area (Å²) in [5, 5.41) is 1.05. The highest BCUT2D eigenvalue weighted by Crippen LogP contribution is 2.30. The number of aromatic nitrogens is 1. The molecule has 0 spiro atoms. The summed E-state index contributed by atoms with van der Waals surface area (Å²) in [6, 6.07) is 17.8. The molecule has 3 heterocycles. The van der Waals surface area contributed by atoms with Crippen molar-refractivity contribution in [2.24, 2.45) is 4.99 Å². The maximum atomic E-state index is 12.5. The molecule has 5 heteroatoms. The number of aryl methyl sites for hydroxylation is 1. The molecule has 0 bridgehead atoms. The third-order valence-electron chi connectivity index (χ3n) is 5.57. The van der Waals surface area contributed by atoms with E-state index in [0.29, 0.717) is 11.6 Å². The zero-order valence-electron chi connectivity index (χ0n) is 17.0. The molecule has 150 valence electrons. The van der Waals surface area contributed by atoms with E-state index in [1.54, 1.807) is 0 Å². The standard InChI is InChI=1S/C25H23N3O2/c1-17-10-11-19-15-20(23(26-21(19)14-17)28-12-6-3-7-13-28)16-22-25(29)30-24(27-22)18-8-4-2-5-9-18/h2,4-5,8-11,14-16H,3,6-7,12-13H2,1H3. The van der Waals surface area contributed by atoms with Crippen LogP contribution in [-0.4, -0.2) is 29.9 Å². The molecule has 0 amide bonds. The first-order chi connectivity index (χ1) is 14.7. The van der Waals surface area contributed by atoms with Crippen molar-refractivity contribution >= 4 is 34.7 Å². The topological polar surface area (TPSA) is 54.8 Å². The molecule has 0 N–H and O–H groups in total. The van der Waals surface area contributed by atoms with Gasteiger partial charge in [0.1, 0.15) is 5.82 Å². The lowest BCUT2D eigenvalue weighted by Gasteiger charge is -2.29. The maximum absolute atomic E-state index is 12.5. The van der Waals surface area contributed by atoms with E-state index in [-0.39, 0.29) is 0 Å². The number of rotatable bonds is 3. The summed E-state index contributed by atoms with van der Waals surface area (Å²) >= 11 is 0. The van der Waals surface area contributed by atoms with Crippen LogP contribution >= 0.6 is 0 Å². The number of piperidine rings is 1. The van der Waals surface area contributed by atoms with Gasteiger partial charge in [0.15, 0.2) is 5.70 Å². The fourth-order valence-corrected chi connectivity index (χ4v) is 4.01. The number of anilines is 1. The number of pyridine rings is 1. The van der Waals surface area contributed by atoms with E-state index in [1.165, 1.54) is 12.0 Å². The van der Waals surface area contributed by atoms with Gasteiger partial charge in [0.2, 0.25) is 5.90 Å². The quantitative estimate of drug-likeness (QED) is 0.467. The number of aliphatic imine (C=N–C) groups is 1. The number of hydrogen-bond acceptors (Lipinski definition) is 5. The third kappa shape index (κ3) is 3.59. The smallest absolute Gasteiger partial charge is 0.363 e. The van der Waals surface area contributed by atoms with Gasteiger partial charge in [-0.05, 0) is 62.1 Å². The average molecular weight is 397 g/mol. The summed E-state index contributed by atoms with van der Waals surface area (Å²) in [4.78, 5) is 24.3. The first-order valence-corrected chi connectivity index (χ1v) is 10.4. The van der Waals surface area contributed by atoms with Crippen molar-refractivity contribution in [2.45, 2.75) is 26.2 Å². The Labute approximate surface area is 175 Å². The molecule has 2 aromatic carbocycles. The van der Waals surface area contributed by atoms with Crippen LogP contribution in [0.1, 0.15) is 36.0 Å². The largest absolute Gasteiger partial charge is 0.402 e. The summed E-state index contributed by atoms with van der Waals surface area (Å²) < 4.78 is 5.43. The molecule has 1 fully saturated rings. The Hall–Kier alpha value is -3.47. The molecule has 30 heavy (non-hydrogen) atoms. The number of nitrogens with zero attached hydrogens (tertiary/aromatic N) is 3. The van der Waals surface area contributed by atoms with Gasteiger partial charge in [-0.15, -0.1) is 0 Å². The van der Waals surface area contributed by atoms with E-state index in [1.807, 2.05) is 36.4 Å². The molecule has 1 aromatic heterocycles.